The van der Waals surface area contributed by atoms with Crippen LogP contribution in [-0.4, -0.2) is 16.3 Å². The molecule has 0 amide bonds. The van der Waals surface area contributed by atoms with Crippen LogP contribution in [0, 0.1) is 0 Å². The van der Waals surface area contributed by atoms with E-state index in [-0.39, 0.29) is 0 Å². The fourth-order valence-corrected chi connectivity index (χ4v) is 3.53. The molecule has 3 nitrogen and oxygen atoms in total. The summed E-state index contributed by atoms with van der Waals surface area (Å²) in [7, 11) is 0. The first-order chi connectivity index (χ1) is 10.8. The fourth-order valence-electron chi connectivity index (χ4n) is 3.40. The highest BCUT2D eigenvalue weighted by atomic mass is 35.5. The molecule has 22 heavy (non-hydrogen) atoms. The second-order valence-electron chi connectivity index (χ2n) is 6.46. The number of nitrogens with zero attached hydrogens (tertiary/aromatic N) is 2. The van der Waals surface area contributed by atoms with Crippen molar-refractivity contribution in [1.29, 1.82) is 0 Å². The Hall–Kier alpha value is -1.32. The van der Waals surface area contributed by atoms with Gasteiger partial charge in [-0.25, -0.2) is 0 Å². The van der Waals surface area contributed by atoms with Crippen LogP contribution < -0.4 is 5.32 Å². The molecule has 1 aromatic heterocycles. The van der Waals surface area contributed by atoms with E-state index in [1.807, 2.05) is 12.1 Å². The molecule has 1 aromatic carbocycles. The molecule has 4 rings (SSSR count). The van der Waals surface area contributed by atoms with Crippen LogP contribution in [0.4, 0.5) is 0 Å². The van der Waals surface area contributed by atoms with Crippen molar-refractivity contribution in [2.24, 2.45) is 0 Å². The minimum Gasteiger partial charge on any atom is -0.312 e. The van der Waals surface area contributed by atoms with Crippen molar-refractivity contribution in [1.82, 2.24) is 15.1 Å². The molecular formula is C18H22ClN3. The van der Waals surface area contributed by atoms with Crippen LogP contribution in [0.5, 0.6) is 0 Å². The highest BCUT2D eigenvalue weighted by Crippen LogP contribution is 2.42. The normalized spacial score (nSPS) is 17.5. The summed E-state index contributed by atoms with van der Waals surface area (Å²) in [6.45, 7) is 3.12. The quantitative estimate of drug-likeness (QED) is 0.912. The van der Waals surface area contributed by atoms with Gasteiger partial charge < -0.3 is 5.32 Å². The second kappa shape index (κ2) is 6.05. The molecule has 2 aliphatic rings. The third-order valence-electron chi connectivity index (χ3n) is 4.75. The summed E-state index contributed by atoms with van der Waals surface area (Å²) in [4.78, 5) is 0. The highest BCUT2D eigenvalue weighted by molar-refractivity contribution is 6.30. The van der Waals surface area contributed by atoms with Gasteiger partial charge in [-0.15, -0.1) is 0 Å². The van der Waals surface area contributed by atoms with Crippen molar-refractivity contribution in [3.8, 4) is 0 Å². The van der Waals surface area contributed by atoms with Crippen LogP contribution in [0.3, 0.4) is 0 Å². The van der Waals surface area contributed by atoms with Gasteiger partial charge >= 0.3 is 0 Å². The number of halogens is 1. The molecule has 4 heteroatoms. The summed E-state index contributed by atoms with van der Waals surface area (Å²) < 4.78 is 2.29. The number of hydrogen-bond donors (Lipinski definition) is 1. The zero-order valence-electron chi connectivity index (χ0n) is 12.8. The maximum Gasteiger partial charge on any atom is 0.0703 e. The summed E-state index contributed by atoms with van der Waals surface area (Å²) in [5.74, 6) is 0.742. The van der Waals surface area contributed by atoms with Gasteiger partial charge in [0.05, 0.1) is 5.69 Å². The summed E-state index contributed by atoms with van der Waals surface area (Å²) in [6, 6.07) is 8.20. The number of aromatic nitrogens is 2. The lowest BCUT2D eigenvalue weighted by atomic mass is 10.0. The molecule has 1 N–H and O–H groups in total. The van der Waals surface area contributed by atoms with Crippen molar-refractivity contribution in [3.63, 3.8) is 0 Å². The van der Waals surface area contributed by atoms with E-state index in [0.29, 0.717) is 0 Å². The van der Waals surface area contributed by atoms with Crippen LogP contribution in [0.15, 0.2) is 24.3 Å². The maximum absolute atomic E-state index is 5.94. The molecule has 1 aliphatic carbocycles. The standard InChI is InChI=1S/C18H22ClN3/c19-15-7-3-13(4-8-15)2-1-11-22-17-9-10-20-12-16(17)18(21-22)14-5-6-14/h3-4,7-8,14,20H,1-2,5-6,9-12H2. The lowest BCUT2D eigenvalue weighted by molar-refractivity contribution is 0.530. The minimum absolute atomic E-state index is 0.742. The van der Waals surface area contributed by atoms with Gasteiger partial charge in [0.1, 0.15) is 0 Å². The SMILES string of the molecule is Clc1ccc(CCCn2nc(C3CC3)c3c2CCNC3)cc1. The van der Waals surface area contributed by atoms with Gasteiger partial charge in [0.15, 0.2) is 0 Å². The van der Waals surface area contributed by atoms with Gasteiger partial charge in [-0.05, 0) is 43.4 Å². The monoisotopic (exact) mass is 315 g/mol. The molecule has 1 aliphatic heterocycles. The zero-order chi connectivity index (χ0) is 14.9. The number of nitrogens with one attached hydrogen (secondary N) is 1. The molecule has 1 fully saturated rings. The average Bonchev–Trinajstić information content (AvgIpc) is 3.32. The fraction of sp³-hybridized carbons (Fsp3) is 0.500. The molecule has 0 bridgehead atoms. The number of aryl methyl sites for hydroxylation is 2. The zero-order valence-corrected chi connectivity index (χ0v) is 13.6. The first-order valence-electron chi connectivity index (χ1n) is 8.35. The molecule has 116 valence electrons. The third-order valence-corrected chi connectivity index (χ3v) is 5.00. The third kappa shape index (κ3) is 2.92. The Morgan fingerprint density at radius 1 is 1.23 bits per heavy atom. The van der Waals surface area contributed by atoms with Gasteiger partial charge in [-0.2, -0.15) is 5.10 Å². The molecular weight excluding hydrogens is 294 g/mol. The molecule has 0 saturated heterocycles. The Kier molecular flexibility index (Phi) is 3.93. The van der Waals surface area contributed by atoms with Gasteiger partial charge in [-0.3, -0.25) is 4.68 Å². The minimum atomic E-state index is 0.742. The van der Waals surface area contributed by atoms with Crippen molar-refractivity contribution in [3.05, 3.63) is 51.8 Å². The maximum atomic E-state index is 5.94. The largest absolute Gasteiger partial charge is 0.312 e. The summed E-state index contributed by atoms with van der Waals surface area (Å²) in [5.41, 5.74) is 5.72. The van der Waals surface area contributed by atoms with E-state index in [9.17, 15) is 0 Å². The Bertz CT molecular complexity index is 656. The van der Waals surface area contributed by atoms with Gasteiger partial charge in [0.25, 0.3) is 0 Å². The summed E-state index contributed by atoms with van der Waals surface area (Å²) >= 11 is 5.94. The summed E-state index contributed by atoms with van der Waals surface area (Å²) in [5, 5.41) is 9.26. The van der Waals surface area contributed by atoms with Crippen LogP contribution >= 0.6 is 11.6 Å². The smallest absolute Gasteiger partial charge is 0.0703 e. The van der Waals surface area contributed by atoms with E-state index in [4.69, 9.17) is 16.7 Å². The Morgan fingerprint density at radius 2 is 2.05 bits per heavy atom. The molecule has 0 spiro atoms. The molecule has 0 unspecified atom stereocenters. The van der Waals surface area contributed by atoms with Crippen LogP contribution in [-0.2, 0) is 25.9 Å². The number of rotatable bonds is 5. The van der Waals surface area contributed by atoms with E-state index in [2.05, 4.69) is 22.1 Å². The van der Waals surface area contributed by atoms with Crippen molar-refractivity contribution in [2.75, 3.05) is 6.54 Å². The van der Waals surface area contributed by atoms with E-state index < -0.39 is 0 Å². The van der Waals surface area contributed by atoms with Crippen molar-refractivity contribution in [2.45, 2.75) is 51.1 Å². The predicted octanol–water partition coefficient (Wildman–Crippen LogP) is 3.69. The highest BCUT2D eigenvalue weighted by Gasteiger charge is 2.32. The Balaban J connectivity index is 1.45. The number of hydrogen-bond acceptors (Lipinski definition) is 2. The van der Waals surface area contributed by atoms with Crippen molar-refractivity contribution < 1.29 is 0 Å². The lowest BCUT2D eigenvalue weighted by Crippen LogP contribution is -2.25. The first-order valence-corrected chi connectivity index (χ1v) is 8.72. The number of fused-ring (bicyclic) bond motifs is 1. The molecule has 1 saturated carbocycles. The molecule has 0 atom stereocenters. The molecule has 2 aromatic rings. The molecule has 0 radical (unpaired) electrons. The molecule has 2 heterocycles. The van der Waals surface area contributed by atoms with E-state index in [0.717, 1.165) is 49.8 Å². The average molecular weight is 316 g/mol. The van der Waals surface area contributed by atoms with E-state index in [1.54, 1.807) is 0 Å². The number of benzene rings is 1. The van der Waals surface area contributed by atoms with Gasteiger partial charge in [0.2, 0.25) is 0 Å². The van der Waals surface area contributed by atoms with E-state index >= 15 is 0 Å². The van der Waals surface area contributed by atoms with Gasteiger partial charge in [-0.1, -0.05) is 23.7 Å². The topological polar surface area (TPSA) is 29.9 Å². The Morgan fingerprint density at radius 3 is 2.82 bits per heavy atom. The second-order valence-corrected chi connectivity index (χ2v) is 6.90. The first kappa shape index (κ1) is 14.3. The Labute approximate surface area is 136 Å². The lowest BCUT2D eigenvalue weighted by Gasteiger charge is -2.15. The van der Waals surface area contributed by atoms with E-state index in [1.165, 1.54) is 35.4 Å². The summed E-state index contributed by atoms with van der Waals surface area (Å²) in [6.07, 6.45) is 5.99. The van der Waals surface area contributed by atoms with Crippen LogP contribution in [0.1, 0.15) is 47.7 Å². The van der Waals surface area contributed by atoms with Crippen LogP contribution in [0.25, 0.3) is 0 Å². The van der Waals surface area contributed by atoms with Gasteiger partial charge in [0, 0.05) is 48.3 Å². The predicted molar refractivity (Wildman–Crippen MR) is 89.4 cm³/mol. The van der Waals surface area contributed by atoms with Crippen LogP contribution in [0.2, 0.25) is 5.02 Å². The van der Waals surface area contributed by atoms with Crippen molar-refractivity contribution >= 4 is 11.6 Å².